The number of unbranched alkanes of at least 4 members (excludes halogenated alkanes) is 51. The van der Waals surface area contributed by atoms with Crippen LogP contribution in [0.2, 0.25) is 0 Å². The van der Waals surface area contributed by atoms with Gasteiger partial charge in [-0.05, 0) is 25.7 Å². The van der Waals surface area contributed by atoms with E-state index in [0.29, 0.717) is 25.7 Å². The van der Waals surface area contributed by atoms with Gasteiger partial charge >= 0.3 is 39.5 Å². The number of esters is 4. The number of rotatable bonds is 77. The molecule has 0 bridgehead atoms. The number of hydrogen-bond acceptors (Lipinski definition) is 15. The SMILES string of the molecule is CCCCCCCCCCCCCCCCCCCCCCC(=O)O[C@H](COC(=O)CCCCCCCCCCCCCCCCCCC)COP(=O)(O)OC[C@@H](O)COP(=O)(O)OC[C@@H](COC(=O)CCCCCCC)OC(=O)CCCCCCCCCCCCCCC. The number of carbonyl (C=O) groups is 4. The molecule has 564 valence electrons. The fourth-order valence-corrected chi connectivity index (χ4v) is 13.3. The fraction of sp³-hybridized carbons (Fsp3) is 0.947. The van der Waals surface area contributed by atoms with Crippen LogP contribution in [0.15, 0.2) is 0 Å². The van der Waals surface area contributed by atoms with Gasteiger partial charge in [-0.15, -0.1) is 0 Å². The van der Waals surface area contributed by atoms with Gasteiger partial charge in [-0.1, -0.05) is 355 Å². The van der Waals surface area contributed by atoms with E-state index in [1.165, 1.54) is 231 Å². The second-order valence-corrected chi connectivity index (χ2v) is 30.3. The van der Waals surface area contributed by atoms with E-state index in [9.17, 15) is 43.2 Å². The van der Waals surface area contributed by atoms with Gasteiger partial charge in [0.05, 0.1) is 26.4 Å². The highest BCUT2D eigenvalue weighted by molar-refractivity contribution is 7.47. The molecule has 0 aliphatic carbocycles. The number of carbonyl (C=O) groups excluding carboxylic acids is 4. The van der Waals surface area contributed by atoms with Gasteiger partial charge in [0.2, 0.25) is 0 Å². The van der Waals surface area contributed by atoms with Crippen molar-refractivity contribution in [1.82, 2.24) is 0 Å². The Morgan fingerprint density at radius 2 is 0.421 bits per heavy atom. The third-order valence-electron chi connectivity index (χ3n) is 17.9. The highest BCUT2D eigenvalue weighted by Crippen LogP contribution is 2.45. The Balaban J connectivity index is 5.13. The molecule has 3 N–H and O–H groups in total. The first-order chi connectivity index (χ1) is 46.2. The van der Waals surface area contributed by atoms with Crippen molar-refractivity contribution < 1.29 is 80.2 Å². The Hall–Kier alpha value is -1.94. The minimum atomic E-state index is -4.95. The first-order valence-electron chi connectivity index (χ1n) is 39.8. The monoisotopic (exact) mass is 1400 g/mol. The molecule has 0 aliphatic heterocycles. The zero-order valence-electron chi connectivity index (χ0n) is 61.6. The Morgan fingerprint density at radius 3 is 0.621 bits per heavy atom. The van der Waals surface area contributed by atoms with Crippen molar-refractivity contribution in [2.24, 2.45) is 0 Å². The molecule has 0 radical (unpaired) electrons. The predicted octanol–water partition coefficient (Wildman–Crippen LogP) is 22.6. The average Bonchev–Trinajstić information content (AvgIpc) is 3.50. The molecule has 0 saturated heterocycles. The summed E-state index contributed by atoms with van der Waals surface area (Å²) in [6, 6.07) is 0. The Kier molecular flexibility index (Phi) is 69.1. The van der Waals surface area contributed by atoms with Crippen molar-refractivity contribution in [3.05, 3.63) is 0 Å². The van der Waals surface area contributed by atoms with E-state index >= 15 is 0 Å². The molecule has 0 rings (SSSR count). The molecule has 0 aromatic rings. The molecule has 0 heterocycles. The molecule has 17 nitrogen and oxygen atoms in total. The lowest BCUT2D eigenvalue weighted by atomic mass is 10.0. The second-order valence-electron chi connectivity index (χ2n) is 27.4. The van der Waals surface area contributed by atoms with Crippen LogP contribution in [0.3, 0.4) is 0 Å². The Bertz CT molecular complexity index is 1810. The molecule has 0 fully saturated rings. The van der Waals surface area contributed by atoms with Crippen LogP contribution in [0.4, 0.5) is 0 Å². The lowest BCUT2D eigenvalue weighted by molar-refractivity contribution is -0.161. The highest BCUT2D eigenvalue weighted by Gasteiger charge is 2.30. The van der Waals surface area contributed by atoms with Crippen molar-refractivity contribution in [2.75, 3.05) is 39.6 Å². The largest absolute Gasteiger partial charge is 0.472 e. The van der Waals surface area contributed by atoms with Gasteiger partial charge in [-0.2, -0.15) is 0 Å². The summed E-state index contributed by atoms with van der Waals surface area (Å²) >= 11 is 0. The molecule has 5 atom stereocenters. The topological polar surface area (TPSA) is 237 Å². The van der Waals surface area contributed by atoms with Gasteiger partial charge in [0, 0.05) is 25.7 Å². The third-order valence-corrected chi connectivity index (χ3v) is 19.8. The standard InChI is InChI=1S/C76H148O17P2/c1-5-9-13-17-20-23-26-29-31-33-34-35-37-39-42-45-48-51-55-59-63-76(81)93-72(67-87-74(79)61-57-53-49-46-43-41-38-36-32-30-27-24-21-18-14-10-6-2)69-91-95(84,85)89-65-70(77)64-88-94(82,83)90-68-71(66-86-73(78)60-56-52-16-12-8-4)92-75(80)62-58-54-50-47-44-40-28-25-22-19-15-11-7-3/h70-72,77H,5-69H2,1-4H3,(H,82,83)(H,84,85)/t70-,71+,72+/m0/s1. The summed E-state index contributed by atoms with van der Waals surface area (Å²) in [7, 11) is -9.90. The molecule has 0 aromatic heterocycles. The molecule has 0 saturated carbocycles. The lowest BCUT2D eigenvalue weighted by Gasteiger charge is -2.21. The van der Waals surface area contributed by atoms with Crippen LogP contribution < -0.4 is 0 Å². The van der Waals surface area contributed by atoms with E-state index in [1.807, 2.05) is 0 Å². The van der Waals surface area contributed by atoms with Gasteiger partial charge in [0.15, 0.2) is 12.2 Å². The number of aliphatic hydroxyl groups is 1. The van der Waals surface area contributed by atoms with Gasteiger partial charge in [-0.3, -0.25) is 37.3 Å². The van der Waals surface area contributed by atoms with E-state index in [0.717, 1.165) is 96.3 Å². The molecule has 19 heteroatoms. The predicted molar refractivity (Wildman–Crippen MR) is 386 cm³/mol. The van der Waals surface area contributed by atoms with Crippen molar-refractivity contribution in [2.45, 2.75) is 425 Å². The number of ether oxygens (including phenoxy) is 4. The maximum Gasteiger partial charge on any atom is 0.472 e. The molecule has 2 unspecified atom stereocenters. The lowest BCUT2D eigenvalue weighted by Crippen LogP contribution is -2.30. The quantitative estimate of drug-likeness (QED) is 0.0222. The van der Waals surface area contributed by atoms with Gasteiger partial charge < -0.3 is 33.8 Å². The summed E-state index contributed by atoms with van der Waals surface area (Å²) in [6.07, 6.45) is 61.5. The number of phosphoric acid groups is 2. The van der Waals surface area contributed by atoms with Crippen LogP contribution in [0.5, 0.6) is 0 Å². The Morgan fingerprint density at radius 1 is 0.253 bits per heavy atom. The summed E-state index contributed by atoms with van der Waals surface area (Å²) in [5, 5.41) is 10.6. The minimum Gasteiger partial charge on any atom is -0.462 e. The van der Waals surface area contributed by atoms with Crippen LogP contribution >= 0.6 is 15.6 Å². The van der Waals surface area contributed by atoms with Crippen LogP contribution in [0.25, 0.3) is 0 Å². The van der Waals surface area contributed by atoms with Crippen LogP contribution in [0.1, 0.15) is 407 Å². The van der Waals surface area contributed by atoms with E-state index in [2.05, 4.69) is 27.7 Å². The first-order valence-corrected chi connectivity index (χ1v) is 42.8. The summed E-state index contributed by atoms with van der Waals surface area (Å²) < 4.78 is 68.3. The van der Waals surface area contributed by atoms with Crippen LogP contribution in [-0.4, -0.2) is 96.7 Å². The van der Waals surface area contributed by atoms with Crippen molar-refractivity contribution in [3.63, 3.8) is 0 Å². The molecule has 0 aromatic carbocycles. The zero-order valence-corrected chi connectivity index (χ0v) is 63.4. The summed E-state index contributed by atoms with van der Waals surface area (Å²) in [4.78, 5) is 72.5. The van der Waals surface area contributed by atoms with Gasteiger partial charge in [0.25, 0.3) is 0 Å². The fourth-order valence-electron chi connectivity index (χ4n) is 11.8. The summed E-state index contributed by atoms with van der Waals surface area (Å²) in [6.45, 7) is 4.90. The molecular formula is C76H148O17P2. The van der Waals surface area contributed by atoms with Gasteiger partial charge in [-0.25, -0.2) is 9.13 Å². The first kappa shape index (κ1) is 93.1. The number of aliphatic hydroxyl groups excluding tert-OH is 1. The van der Waals surface area contributed by atoms with Crippen LogP contribution in [0, 0.1) is 0 Å². The maximum atomic E-state index is 13.1. The Labute approximate surface area is 581 Å². The van der Waals surface area contributed by atoms with E-state index in [4.69, 9.17) is 37.0 Å². The number of phosphoric ester groups is 2. The zero-order chi connectivity index (χ0) is 69.7. The van der Waals surface area contributed by atoms with Crippen molar-refractivity contribution >= 4 is 39.5 Å². The van der Waals surface area contributed by atoms with E-state index in [-0.39, 0.29) is 25.7 Å². The van der Waals surface area contributed by atoms with E-state index < -0.39 is 97.5 Å². The van der Waals surface area contributed by atoms with Gasteiger partial charge in [0.1, 0.15) is 19.3 Å². The molecule has 95 heavy (non-hydrogen) atoms. The van der Waals surface area contributed by atoms with Crippen molar-refractivity contribution in [3.8, 4) is 0 Å². The summed E-state index contributed by atoms with van der Waals surface area (Å²) in [5.41, 5.74) is 0. The molecule has 0 amide bonds. The average molecular weight is 1400 g/mol. The minimum absolute atomic E-state index is 0.107. The smallest absolute Gasteiger partial charge is 0.462 e. The van der Waals surface area contributed by atoms with Crippen molar-refractivity contribution in [1.29, 1.82) is 0 Å². The molecular weight excluding hydrogens is 1250 g/mol. The van der Waals surface area contributed by atoms with E-state index in [1.54, 1.807) is 0 Å². The maximum absolute atomic E-state index is 13.1. The normalized spacial score (nSPS) is 13.9. The molecule has 0 spiro atoms. The second kappa shape index (κ2) is 70.5. The highest BCUT2D eigenvalue weighted by atomic mass is 31.2. The van der Waals surface area contributed by atoms with Crippen LogP contribution in [-0.2, 0) is 65.4 Å². The number of hydrogen-bond donors (Lipinski definition) is 3. The molecule has 0 aliphatic rings. The third kappa shape index (κ3) is 70.3. The summed E-state index contributed by atoms with van der Waals surface area (Å²) in [5.74, 6) is -2.12.